The number of carbonyl (C=O) groups is 10. The number of rotatable bonds is 25. The predicted molar refractivity (Wildman–Crippen MR) is 202 cm³/mol. The van der Waals surface area contributed by atoms with Crippen molar-refractivity contribution in [1.82, 2.24) is 41.7 Å². The van der Waals surface area contributed by atoms with Crippen molar-refractivity contribution in [2.45, 2.75) is 90.9 Å². The third-order valence-corrected chi connectivity index (χ3v) is 8.86. The molecule has 58 heavy (non-hydrogen) atoms. The van der Waals surface area contributed by atoms with Gasteiger partial charge in [0.25, 0.3) is 0 Å². The van der Waals surface area contributed by atoms with Crippen molar-refractivity contribution in [1.29, 1.82) is 0 Å². The molecular weight excluding hydrogens is 768 g/mol. The first-order chi connectivity index (χ1) is 27.9. The van der Waals surface area contributed by atoms with Gasteiger partial charge in [-0.25, -0.2) is 28.8 Å². The van der Waals surface area contributed by atoms with Crippen LogP contribution in [0.3, 0.4) is 0 Å². The normalized spacial score (nSPS) is 16.4. The molecule has 326 valence electrons. The van der Waals surface area contributed by atoms with E-state index < -0.39 is 71.9 Å². The quantitative estimate of drug-likeness (QED) is 0.0436. The van der Waals surface area contributed by atoms with Crippen molar-refractivity contribution in [2.75, 3.05) is 65.7 Å². The Morgan fingerprint density at radius 1 is 0.517 bits per heavy atom. The number of nitrogens with zero attached hydrogens (tertiary/aromatic N) is 2. The van der Waals surface area contributed by atoms with Crippen molar-refractivity contribution < 1.29 is 66.9 Å². The van der Waals surface area contributed by atoms with Gasteiger partial charge in [-0.05, 0) is 65.2 Å². The molecule has 2 fully saturated rings. The highest BCUT2D eigenvalue weighted by molar-refractivity contribution is 6.12. The monoisotopic (exact) mass is 826 g/mol. The van der Waals surface area contributed by atoms with E-state index in [1.54, 1.807) is 13.8 Å². The van der Waals surface area contributed by atoms with Crippen LogP contribution in [0.25, 0.3) is 0 Å². The molecular formula is C36H58N8O14. The minimum absolute atomic E-state index is 0.0603. The molecule has 2 atom stereocenters. The fourth-order valence-electron chi connectivity index (χ4n) is 5.75. The summed E-state index contributed by atoms with van der Waals surface area (Å²) in [5.41, 5.74) is 0. The molecule has 2 unspecified atom stereocenters. The smallest absolute Gasteiger partial charge is 0.413 e. The fraction of sp³-hybridized carbons (Fsp3) is 0.722. The first-order valence-electron chi connectivity index (χ1n) is 19.8. The Morgan fingerprint density at radius 3 is 1.26 bits per heavy atom. The molecule has 0 saturated carbocycles. The highest BCUT2D eigenvalue weighted by Crippen LogP contribution is 2.13. The van der Waals surface area contributed by atoms with Crippen LogP contribution in [-0.4, -0.2) is 136 Å². The Bertz CT molecular complexity index is 1330. The van der Waals surface area contributed by atoms with E-state index in [9.17, 15) is 47.9 Å². The van der Waals surface area contributed by atoms with E-state index in [2.05, 4.69) is 30.7 Å². The Labute approximate surface area is 336 Å². The zero-order valence-corrected chi connectivity index (χ0v) is 33.3. The lowest BCUT2D eigenvalue weighted by molar-refractivity contribution is -0.138. The number of amides is 12. The fourth-order valence-corrected chi connectivity index (χ4v) is 5.75. The molecule has 2 aliphatic rings. The lowest BCUT2D eigenvalue weighted by atomic mass is 10.0. The number of ether oxygens (including phenoxy) is 4. The summed E-state index contributed by atoms with van der Waals surface area (Å²) >= 11 is 0. The van der Waals surface area contributed by atoms with E-state index in [0.29, 0.717) is 51.9 Å². The Morgan fingerprint density at radius 2 is 0.879 bits per heavy atom. The maximum absolute atomic E-state index is 12.2. The van der Waals surface area contributed by atoms with Crippen LogP contribution in [0.5, 0.6) is 0 Å². The zero-order valence-electron chi connectivity index (χ0n) is 33.3. The highest BCUT2D eigenvalue weighted by Gasteiger charge is 2.38. The second-order valence-electron chi connectivity index (χ2n) is 13.4. The van der Waals surface area contributed by atoms with Crippen molar-refractivity contribution in [3.63, 3.8) is 0 Å². The van der Waals surface area contributed by atoms with E-state index in [1.807, 2.05) is 10.6 Å². The maximum atomic E-state index is 12.2. The van der Waals surface area contributed by atoms with Gasteiger partial charge in [0.2, 0.25) is 23.6 Å². The lowest BCUT2D eigenvalue weighted by Gasteiger charge is -2.31. The van der Waals surface area contributed by atoms with E-state index in [1.165, 1.54) is 9.80 Å². The van der Waals surface area contributed by atoms with Crippen molar-refractivity contribution in [2.24, 2.45) is 11.8 Å². The molecule has 2 heterocycles. The highest BCUT2D eigenvalue weighted by atomic mass is 16.6. The lowest BCUT2D eigenvalue weighted by Crippen LogP contribution is -2.58. The molecule has 2 rings (SSSR count). The van der Waals surface area contributed by atoms with Crippen LogP contribution in [0.2, 0.25) is 0 Å². The Hall–Kier alpha value is -5.70. The number of unbranched alkanes of at least 4 members (excludes halogenated alkanes) is 9. The van der Waals surface area contributed by atoms with Crippen LogP contribution in [0.1, 0.15) is 90.9 Å². The molecule has 12 amide bonds. The van der Waals surface area contributed by atoms with E-state index >= 15 is 0 Å². The van der Waals surface area contributed by atoms with Crippen molar-refractivity contribution >= 4 is 60.1 Å². The van der Waals surface area contributed by atoms with Gasteiger partial charge in [0.05, 0.1) is 26.4 Å². The largest absolute Gasteiger partial charge is 0.450 e. The summed E-state index contributed by atoms with van der Waals surface area (Å²) in [7, 11) is 0. The first kappa shape index (κ1) is 48.4. The summed E-state index contributed by atoms with van der Waals surface area (Å²) < 4.78 is 19.7. The second-order valence-corrected chi connectivity index (χ2v) is 13.4. The molecule has 0 spiro atoms. The van der Waals surface area contributed by atoms with Gasteiger partial charge < -0.3 is 39.4 Å². The van der Waals surface area contributed by atoms with Crippen molar-refractivity contribution in [3.8, 4) is 0 Å². The third kappa shape index (κ3) is 19.4. The molecule has 2 aliphatic heterocycles. The second kappa shape index (κ2) is 27.8. The number of hydrogen-bond donors (Lipinski definition) is 6. The number of imide groups is 4. The molecule has 22 heteroatoms. The summed E-state index contributed by atoms with van der Waals surface area (Å²) in [6.45, 7) is 4.94. The van der Waals surface area contributed by atoms with Gasteiger partial charge in [-0.3, -0.25) is 40.4 Å². The summed E-state index contributed by atoms with van der Waals surface area (Å²) in [6, 6.07) is -1.21. The predicted octanol–water partition coefficient (Wildman–Crippen LogP) is 2.00. The first-order valence-corrected chi connectivity index (χ1v) is 19.8. The zero-order chi connectivity index (χ0) is 42.7. The van der Waals surface area contributed by atoms with E-state index in [0.717, 1.165) is 51.4 Å². The molecule has 0 radical (unpaired) electrons. The van der Waals surface area contributed by atoms with E-state index in [4.69, 9.17) is 9.47 Å². The standard InChI is InChI=1S/C36H58N8O14/c1-3-55-35(53)41-29(47)25-23-43(31(49)39-27(25)45)19-13-7-9-15-21-57-33(51)37-17-11-5-6-12-18-38-34(52)58-22-16-10-8-14-20-44-24-26(28(46)40-32(44)50)30(48)42-36(54)56-4-2/h25-26H,3-24H2,1-2H3,(H,37,51)(H,38,52)(H,39,45,49)(H,40,46,50)(H,41,47,53)(H,42,48,54). The summed E-state index contributed by atoms with van der Waals surface area (Å²) in [5, 5.41) is 13.6. The van der Waals surface area contributed by atoms with Crippen molar-refractivity contribution in [3.05, 3.63) is 0 Å². The molecule has 0 aromatic carbocycles. The van der Waals surface area contributed by atoms with Crippen LogP contribution in [0, 0.1) is 11.8 Å². The SMILES string of the molecule is CCOC(=O)NC(=O)C1CN(CCCCCCOC(=O)NCCCCCCNC(=O)OCCCCCCN2CC(C(=O)NC(=O)OCC)C(=O)NC2=O)C(=O)NC1=O. The number of carbonyl (C=O) groups excluding carboxylic acids is 10. The number of nitrogens with one attached hydrogen (secondary N) is 6. The summed E-state index contributed by atoms with van der Waals surface area (Å²) in [4.78, 5) is 122. The van der Waals surface area contributed by atoms with Crippen LogP contribution in [-0.2, 0) is 38.1 Å². The van der Waals surface area contributed by atoms with Gasteiger partial charge in [0, 0.05) is 39.3 Å². The molecule has 0 aliphatic carbocycles. The minimum atomic E-state index is -1.23. The average Bonchev–Trinajstić information content (AvgIpc) is 3.16. The summed E-state index contributed by atoms with van der Waals surface area (Å²) in [5.74, 6) is -5.70. The Kier molecular flexibility index (Phi) is 23.2. The molecule has 0 bridgehead atoms. The van der Waals surface area contributed by atoms with Gasteiger partial charge in [0.15, 0.2) is 0 Å². The molecule has 6 N–H and O–H groups in total. The third-order valence-electron chi connectivity index (χ3n) is 8.86. The van der Waals surface area contributed by atoms with Gasteiger partial charge in [-0.15, -0.1) is 0 Å². The van der Waals surface area contributed by atoms with Crippen LogP contribution < -0.4 is 31.9 Å². The van der Waals surface area contributed by atoms with Gasteiger partial charge >= 0.3 is 36.4 Å². The Balaban J connectivity index is 1.39. The van der Waals surface area contributed by atoms with Gasteiger partial charge in [0.1, 0.15) is 11.8 Å². The molecule has 0 aromatic rings. The number of alkyl carbamates (subject to hydrolysis) is 4. The van der Waals surface area contributed by atoms with E-state index in [-0.39, 0.29) is 39.5 Å². The van der Waals surface area contributed by atoms with Crippen LogP contribution in [0.15, 0.2) is 0 Å². The number of hydrogen-bond acceptors (Lipinski definition) is 14. The molecule has 2 saturated heterocycles. The molecule has 22 nitrogen and oxygen atoms in total. The minimum Gasteiger partial charge on any atom is -0.450 e. The van der Waals surface area contributed by atoms with Gasteiger partial charge in [-0.2, -0.15) is 0 Å². The van der Waals surface area contributed by atoms with Gasteiger partial charge in [-0.1, -0.05) is 25.7 Å². The average molecular weight is 827 g/mol. The molecule has 0 aromatic heterocycles. The van der Waals surface area contributed by atoms with Crippen LogP contribution in [0.4, 0.5) is 28.8 Å². The number of urea groups is 2. The summed E-state index contributed by atoms with van der Waals surface area (Å²) in [6.07, 6.45) is 5.58. The maximum Gasteiger partial charge on any atom is 0.413 e. The van der Waals surface area contributed by atoms with Crippen LogP contribution >= 0.6 is 0 Å². The topological polar surface area (TPSA) is 286 Å².